The minimum absolute atomic E-state index is 0.0840. The number of hydrogen-bond donors (Lipinski definition) is 1. The highest BCUT2D eigenvalue weighted by atomic mass is 16.5. The molecular formula is C17H27N3O. The fraction of sp³-hybridized carbons (Fsp3) is 0.765. The average Bonchev–Trinajstić information content (AvgIpc) is 3.32. The van der Waals surface area contributed by atoms with Crippen molar-refractivity contribution < 1.29 is 4.74 Å². The molecular weight excluding hydrogens is 262 g/mol. The Kier molecular flexibility index (Phi) is 4.73. The van der Waals surface area contributed by atoms with Crippen molar-refractivity contribution in [3.8, 4) is 0 Å². The first kappa shape index (κ1) is 14.8. The van der Waals surface area contributed by atoms with Crippen LogP contribution in [0.2, 0.25) is 0 Å². The van der Waals surface area contributed by atoms with E-state index in [1.165, 1.54) is 43.4 Å². The summed E-state index contributed by atoms with van der Waals surface area (Å²) in [5.41, 5.74) is 2.62. The van der Waals surface area contributed by atoms with Gasteiger partial charge >= 0.3 is 0 Å². The van der Waals surface area contributed by atoms with Crippen LogP contribution in [0.4, 0.5) is 5.82 Å². The van der Waals surface area contributed by atoms with Gasteiger partial charge in [0, 0.05) is 24.9 Å². The number of anilines is 1. The number of methoxy groups -OCH3 is 1. The van der Waals surface area contributed by atoms with Gasteiger partial charge in [-0.1, -0.05) is 13.3 Å². The van der Waals surface area contributed by atoms with Crippen molar-refractivity contribution in [1.82, 2.24) is 9.97 Å². The van der Waals surface area contributed by atoms with Crippen molar-refractivity contribution in [3.05, 3.63) is 17.1 Å². The molecule has 1 aromatic rings. The summed E-state index contributed by atoms with van der Waals surface area (Å²) in [5.74, 6) is 2.60. The molecule has 2 aliphatic carbocycles. The highest BCUT2D eigenvalue weighted by Crippen LogP contribution is 2.42. The third kappa shape index (κ3) is 3.37. The van der Waals surface area contributed by atoms with Gasteiger partial charge in [0.1, 0.15) is 11.9 Å². The molecule has 2 aliphatic rings. The van der Waals surface area contributed by atoms with E-state index < -0.39 is 0 Å². The molecule has 116 valence electrons. The molecule has 1 aromatic heterocycles. The van der Waals surface area contributed by atoms with Crippen molar-refractivity contribution in [2.24, 2.45) is 5.92 Å². The van der Waals surface area contributed by atoms with E-state index >= 15 is 0 Å². The zero-order valence-electron chi connectivity index (χ0n) is 13.3. The Morgan fingerprint density at radius 3 is 2.71 bits per heavy atom. The van der Waals surface area contributed by atoms with Crippen LogP contribution in [0, 0.1) is 5.92 Å². The predicted octanol–water partition coefficient (Wildman–Crippen LogP) is 3.66. The largest absolute Gasteiger partial charge is 0.373 e. The summed E-state index contributed by atoms with van der Waals surface area (Å²) in [5, 5.41) is 3.52. The maximum Gasteiger partial charge on any atom is 0.160 e. The van der Waals surface area contributed by atoms with Gasteiger partial charge in [0.2, 0.25) is 0 Å². The molecule has 0 aliphatic heterocycles. The van der Waals surface area contributed by atoms with Gasteiger partial charge in [-0.3, -0.25) is 0 Å². The third-order valence-corrected chi connectivity index (χ3v) is 4.55. The molecule has 1 N–H and O–H groups in total. The number of rotatable bonds is 6. The van der Waals surface area contributed by atoms with E-state index in [0.29, 0.717) is 5.92 Å². The van der Waals surface area contributed by atoms with E-state index in [-0.39, 0.29) is 6.10 Å². The highest BCUT2D eigenvalue weighted by Gasteiger charge is 2.35. The van der Waals surface area contributed by atoms with Gasteiger partial charge in [0.25, 0.3) is 0 Å². The highest BCUT2D eigenvalue weighted by molar-refractivity contribution is 5.47. The van der Waals surface area contributed by atoms with E-state index in [4.69, 9.17) is 14.7 Å². The summed E-state index contributed by atoms with van der Waals surface area (Å²) < 4.78 is 5.69. The lowest BCUT2D eigenvalue weighted by molar-refractivity contribution is 0.0771. The molecule has 4 nitrogen and oxygen atoms in total. The van der Waals surface area contributed by atoms with E-state index in [1.807, 2.05) is 0 Å². The molecule has 1 heterocycles. The number of nitrogens with one attached hydrogen (secondary N) is 1. The second-order valence-electron chi connectivity index (χ2n) is 6.34. The van der Waals surface area contributed by atoms with Crippen LogP contribution in [-0.4, -0.2) is 23.6 Å². The van der Waals surface area contributed by atoms with Crippen LogP contribution >= 0.6 is 0 Å². The van der Waals surface area contributed by atoms with Crippen LogP contribution in [0.5, 0.6) is 0 Å². The predicted molar refractivity (Wildman–Crippen MR) is 84.5 cm³/mol. The number of hydrogen-bond acceptors (Lipinski definition) is 4. The van der Waals surface area contributed by atoms with E-state index in [9.17, 15) is 0 Å². The summed E-state index contributed by atoms with van der Waals surface area (Å²) in [6, 6.07) is 0. The molecule has 0 saturated heterocycles. The zero-order chi connectivity index (χ0) is 14.7. The molecule has 21 heavy (non-hydrogen) atoms. The Morgan fingerprint density at radius 1 is 1.19 bits per heavy atom. The summed E-state index contributed by atoms with van der Waals surface area (Å²) in [7, 11) is 1.79. The minimum atomic E-state index is 0.0840. The molecule has 0 aromatic carbocycles. The molecule has 1 atom stereocenters. The Hall–Kier alpha value is -1.16. The van der Waals surface area contributed by atoms with Crippen molar-refractivity contribution in [1.29, 1.82) is 0 Å². The van der Waals surface area contributed by atoms with E-state index in [0.717, 1.165) is 37.4 Å². The maximum atomic E-state index is 5.69. The van der Waals surface area contributed by atoms with Gasteiger partial charge in [-0.25, -0.2) is 9.97 Å². The standard InChI is InChI=1S/C17H27N3O/c1-3-11-18-16-13-7-5-4-6-8-14(13)19-17(20-16)15(21-2)12-9-10-12/h12,15H,3-11H2,1-2H3,(H,18,19,20). The van der Waals surface area contributed by atoms with Gasteiger partial charge in [0.15, 0.2) is 5.82 Å². The molecule has 1 saturated carbocycles. The molecule has 0 spiro atoms. The van der Waals surface area contributed by atoms with Gasteiger partial charge in [-0.2, -0.15) is 0 Å². The second kappa shape index (κ2) is 6.73. The molecule has 1 unspecified atom stereocenters. The average molecular weight is 289 g/mol. The minimum Gasteiger partial charge on any atom is -0.373 e. The van der Waals surface area contributed by atoms with Crippen molar-refractivity contribution in [3.63, 3.8) is 0 Å². The fourth-order valence-corrected chi connectivity index (χ4v) is 3.21. The summed E-state index contributed by atoms with van der Waals surface area (Å²) in [6.45, 7) is 3.17. The number of nitrogens with zero attached hydrogens (tertiary/aromatic N) is 2. The molecule has 0 bridgehead atoms. The van der Waals surface area contributed by atoms with Gasteiger partial charge in [-0.05, 0) is 50.9 Å². The molecule has 1 fully saturated rings. The number of ether oxygens (including phenoxy) is 1. The summed E-state index contributed by atoms with van der Waals surface area (Å²) in [4.78, 5) is 9.75. The zero-order valence-corrected chi connectivity index (χ0v) is 13.3. The van der Waals surface area contributed by atoms with Crippen LogP contribution in [0.3, 0.4) is 0 Å². The van der Waals surface area contributed by atoms with Crippen LogP contribution in [0.25, 0.3) is 0 Å². The number of fused-ring (bicyclic) bond motifs is 1. The van der Waals surface area contributed by atoms with E-state index in [2.05, 4.69) is 12.2 Å². The first-order chi connectivity index (χ1) is 10.3. The third-order valence-electron chi connectivity index (χ3n) is 4.55. The van der Waals surface area contributed by atoms with Gasteiger partial charge in [0.05, 0.1) is 0 Å². The van der Waals surface area contributed by atoms with Gasteiger partial charge in [-0.15, -0.1) is 0 Å². The fourth-order valence-electron chi connectivity index (χ4n) is 3.21. The Labute approximate surface area is 127 Å². The quantitative estimate of drug-likeness (QED) is 0.812. The van der Waals surface area contributed by atoms with Crippen LogP contribution < -0.4 is 5.32 Å². The van der Waals surface area contributed by atoms with Crippen molar-refractivity contribution in [2.45, 2.75) is 64.4 Å². The molecule has 0 radical (unpaired) electrons. The molecule has 4 heteroatoms. The summed E-state index contributed by atoms with van der Waals surface area (Å²) in [6.07, 6.45) is 9.70. The second-order valence-corrected chi connectivity index (χ2v) is 6.34. The number of aromatic nitrogens is 2. The van der Waals surface area contributed by atoms with Crippen LogP contribution in [-0.2, 0) is 17.6 Å². The smallest absolute Gasteiger partial charge is 0.160 e. The van der Waals surface area contributed by atoms with Crippen LogP contribution in [0.1, 0.15) is 68.6 Å². The van der Waals surface area contributed by atoms with Crippen molar-refractivity contribution >= 4 is 5.82 Å². The lowest BCUT2D eigenvalue weighted by atomic mass is 10.1. The Bertz CT molecular complexity index is 485. The van der Waals surface area contributed by atoms with Gasteiger partial charge < -0.3 is 10.1 Å². The molecule has 3 rings (SSSR count). The normalized spacial score (nSPS) is 19.7. The lowest BCUT2D eigenvalue weighted by Gasteiger charge is -2.19. The Morgan fingerprint density at radius 2 is 2.00 bits per heavy atom. The maximum absolute atomic E-state index is 5.69. The summed E-state index contributed by atoms with van der Waals surface area (Å²) >= 11 is 0. The van der Waals surface area contributed by atoms with E-state index in [1.54, 1.807) is 7.11 Å². The first-order valence-corrected chi connectivity index (χ1v) is 8.49. The van der Waals surface area contributed by atoms with Crippen molar-refractivity contribution in [2.75, 3.05) is 19.0 Å². The lowest BCUT2D eigenvalue weighted by Crippen LogP contribution is -2.16. The first-order valence-electron chi connectivity index (χ1n) is 8.49. The number of aryl methyl sites for hydroxylation is 1. The molecule has 0 amide bonds. The van der Waals surface area contributed by atoms with Crippen LogP contribution in [0.15, 0.2) is 0 Å². The Balaban J connectivity index is 1.95. The SMILES string of the molecule is CCCNc1nc(C(OC)C2CC2)nc2c1CCCCC2. The monoisotopic (exact) mass is 289 g/mol. The topological polar surface area (TPSA) is 47.0 Å².